The molecule has 3 heterocycles. The van der Waals surface area contributed by atoms with Crippen LogP contribution in [0.4, 0.5) is 14.5 Å². The van der Waals surface area contributed by atoms with Gasteiger partial charge in [0.1, 0.15) is 17.3 Å². The monoisotopic (exact) mass is 496 g/mol. The number of piperazine rings is 1. The molecule has 190 valence electrons. The molecular weight excluding hydrogens is 466 g/mol. The number of aromatic nitrogens is 3. The molecule has 2 N–H and O–H groups in total. The van der Waals surface area contributed by atoms with Crippen LogP contribution >= 0.6 is 0 Å². The number of halogens is 2. The van der Waals surface area contributed by atoms with Gasteiger partial charge in [-0.25, -0.2) is 14.4 Å². The highest BCUT2D eigenvalue weighted by molar-refractivity contribution is 5.92. The largest absolute Gasteiger partial charge is 0.365 e. The minimum absolute atomic E-state index is 0.0489. The lowest BCUT2D eigenvalue weighted by Gasteiger charge is -2.39. The summed E-state index contributed by atoms with van der Waals surface area (Å²) < 4.78 is 28.2. The van der Waals surface area contributed by atoms with E-state index in [0.29, 0.717) is 36.2 Å². The molecule has 1 aliphatic carbocycles. The van der Waals surface area contributed by atoms with Crippen LogP contribution in [0.25, 0.3) is 10.9 Å². The fourth-order valence-electron chi connectivity index (χ4n) is 5.31. The summed E-state index contributed by atoms with van der Waals surface area (Å²) in [7, 11) is 0. The second kappa shape index (κ2) is 9.93. The Morgan fingerprint density at radius 1 is 1.08 bits per heavy atom. The zero-order valence-corrected chi connectivity index (χ0v) is 20.4. The topological polar surface area (TPSA) is 94.2 Å². The number of fused-ring (bicyclic) bond motifs is 1. The van der Waals surface area contributed by atoms with Gasteiger partial charge in [-0.15, -0.1) is 0 Å². The van der Waals surface area contributed by atoms with Crippen molar-refractivity contribution >= 4 is 22.5 Å². The summed E-state index contributed by atoms with van der Waals surface area (Å²) in [6.07, 6.45) is 2.79. The number of benzene rings is 1. The van der Waals surface area contributed by atoms with Crippen LogP contribution in [0.3, 0.4) is 0 Å². The highest BCUT2D eigenvalue weighted by Crippen LogP contribution is 2.36. The Morgan fingerprint density at radius 2 is 1.86 bits per heavy atom. The third-order valence-electron chi connectivity index (χ3n) is 7.13. The first-order valence-electron chi connectivity index (χ1n) is 12.4. The third kappa shape index (κ3) is 4.95. The number of nitrogens with zero attached hydrogens (tertiary/aromatic N) is 4. The first-order valence-corrected chi connectivity index (χ1v) is 12.4. The maximum atomic E-state index is 14.7. The van der Waals surface area contributed by atoms with Gasteiger partial charge in [0.05, 0.1) is 16.6 Å². The molecular formula is C26H30F2N6O2. The number of hydrogen-bond donors (Lipinski definition) is 2. The molecule has 8 nitrogen and oxygen atoms in total. The molecule has 1 aromatic carbocycles. The van der Waals surface area contributed by atoms with Crippen LogP contribution < -0.4 is 15.8 Å². The number of pyridine rings is 1. The second-order valence-corrected chi connectivity index (χ2v) is 9.93. The molecule has 0 spiro atoms. The molecule has 3 aromatic rings. The van der Waals surface area contributed by atoms with E-state index in [1.54, 1.807) is 18.2 Å². The van der Waals surface area contributed by atoms with Crippen LogP contribution in [0, 0.1) is 11.8 Å². The lowest BCUT2D eigenvalue weighted by Crippen LogP contribution is -2.50. The van der Waals surface area contributed by atoms with Crippen LogP contribution in [0.1, 0.15) is 55.3 Å². The van der Waals surface area contributed by atoms with Gasteiger partial charge in [0.2, 0.25) is 5.95 Å². The summed E-state index contributed by atoms with van der Waals surface area (Å²) in [5.41, 5.74) is 0.686. The van der Waals surface area contributed by atoms with Crippen molar-refractivity contribution in [3.05, 3.63) is 64.0 Å². The lowest BCUT2D eigenvalue weighted by atomic mass is 10.1. The maximum Gasteiger partial charge on any atom is 0.270 e. The van der Waals surface area contributed by atoms with Crippen LogP contribution in [0.2, 0.25) is 0 Å². The van der Waals surface area contributed by atoms with Gasteiger partial charge in [-0.3, -0.25) is 14.5 Å². The van der Waals surface area contributed by atoms with Crippen molar-refractivity contribution < 1.29 is 13.6 Å². The quantitative estimate of drug-likeness (QED) is 0.527. The van der Waals surface area contributed by atoms with E-state index in [1.165, 1.54) is 12.1 Å². The molecule has 0 unspecified atom stereocenters. The van der Waals surface area contributed by atoms with Crippen molar-refractivity contribution in [2.45, 2.75) is 51.1 Å². The normalized spacial score (nSPS) is 20.9. The van der Waals surface area contributed by atoms with E-state index >= 15 is 0 Å². The molecule has 2 aliphatic rings. The molecule has 0 bridgehead atoms. The van der Waals surface area contributed by atoms with Gasteiger partial charge in [0.25, 0.3) is 11.5 Å². The first-order chi connectivity index (χ1) is 17.3. The maximum absolute atomic E-state index is 14.7. The number of amides is 1. The van der Waals surface area contributed by atoms with Crippen LogP contribution in [0.5, 0.6) is 0 Å². The van der Waals surface area contributed by atoms with Gasteiger partial charge < -0.3 is 15.2 Å². The molecule has 1 amide bonds. The summed E-state index contributed by atoms with van der Waals surface area (Å²) in [6.45, 7) is 6.58. The Balaban J connectivity index is 1.20. The number of aromatic amines is 1. The van der Waals surface area contributed by atoms with Crippen molar-refractivity contribution in [2.24, 2.45) is 0 Å². The molecule has 0 radical (unpaired) electrons. The SMILES string of the molecule is CC(C)NC(=O)c1ccc(N2CCN([C@H]3CC[C@@H](c4nc5ccc(F)cc5c(=O)[nH]4)C3)CC2)c(F)n1. The average molecular weight is 497 g/mol. The number of carbonyl (C=O) groups is 1. The lowest BCUT2D eigenvalue weighted by molar-refractivity contribution is 0.0937. The number of nitrogens with one attached hydrogen (secondary N) is 2. The summed E-state index contributed by atoms with van der Waals surface area (Å²) in [5, 5.41) is 2.99. The Bertz CT molecular complexity index is 1340. The molecule has 1 saturated carbocycles. The number of anilines is 1. The van der Waals surface area contributed by atoms with Gasteiger partial charge in [-0.1, -0.05) is 0 Å². The van der Waals surface area contributed by atoms with Crippen molar-refractivity contribution in [1.29, 1.82) is 0 Å². The van der Waals surface area contributed by atoms with Crippen molar-refractivity contribution in [2.75, 3.05) is 31.1 Å². The van der Waals surface area contributed by atoms with E-state index < -0.39 is 11.8 Å². The third-order valence-corrected chi connectivity index (χ3v) is 7.13. The van der Waals surface area contributed by atoms with Gasteiger partial charge in [-0.2, -0.15) is 4.39 Å². The summed E-state index contributed by atoms with van der Waals surface area (Å²) >= 11 is 0. The fourth-order valence-corrected chi connectivity index (χ4v) is 5.31. The summed E-state index contributed by atoms with van der Waals surface area (Å²) in [4.78, 5) is 40.3. The van der Waals surface area contributed by atoms with Gasteiger partial charge in [0.15, 0.2) is 0 Å². The van der Waals surface area contributed by atoms with Crippen LogP contribution in [-0.4, -0.2) is 64.0 Å². The predicted octanol–water partition coefficient (Wildman–Crippen LogP) is 3.19. The second-order valence-electron chi connectivity index (χ2n) is 9.93. The van der Waals surface area contributed by atoms with Crippen LogP contribution in [0.15, 0.2) is 35.1 Å². The molecule has 10 heteroatoms. The first kappa shape index (κ1) is 24.3. The highest BCUT2D eigenvalue weighted by Gasteiger charge is 2.33. The number of carbonyl (C=O) groups excluding carboxylic acids is 1. The highest BCUT2D eigenvalue weighted by atomic mass is 19.1. The molecule has 2 fully saturated rings. The predicted molar refractivity (Wildman–Crippen MR) is 133 cm³/mol. The van der Waals surface area contributed by atoms with E-state index in [0.717, 1.165) is 32.4 Å². The number of rotatable bonds is 5. The van der Waals surface area contributed by atoms with Gasteiger partial charge >= 0.3 is 0 Å². The molecule has 1 aliphatic heterocycles. The zero-order valence-electron chi connectivity index (χ0n) is 20.4. The van der Waals surface area contributed by atoms with Gasteiger partial charge in [0, 0.05) is 44.2 Å². The van der Waals surface area contributed by atoms with Crippen molar-refractivity contribution in [1.82, 2.24) is 25.2 Å². The Kier molecular flexibility index (Phi) is 6.70. The van der Waals surface area contributed by atoms with Crippen LogP contribution in [-0.2, 0) is 0 Å². The van der Waals surface area contributed by atoms with E-state index in [4.69, 9.17) is 0 Å². The Hall–Kier alpha value is -3.40. The minimum Gasteiger partial charge on any atom is -0.365 e. The summed E-state index contributed by atoms with van der Waals surface area (Å²) in [5.74, 6) is -0.667. The van der Waals surface area contributed by atoms with E-state index in [9.17, 15) is 18.4 Å². The van der Waals surface area contributed by atoms with Crippen molar-refractivity contribution in [3.8, 4) is 0 Å². The van der Waals surface area contributed by atoms with Crippen molar-refractivity contribution in [3.63, 3.8) is 0 Å². The molecule has 5 rings (SSSR count). The molecule has 2 atom stereocenters. The molecule has 1 saturated heterocycles. The Labute approximate surface area is 207 Å². The van der Waals surface area contributed by atoms with E-state index in [-0.39, 0.29) is 34.5 Å². The number of H-pyrrole nitrogens is 1. The van der Waals surface area contributed by atoms with E-state index in [2.05, 4.69) is 25.2 Å². The molecule has 36 heavy (non-hydrogen) atoms. The minimum atomic E-state index is -0.632. The smallest absolute Gasteiger partial charge is 0.270 e. The van der Waals surface area contributed by atoms with E-state index in [1.807, 2.05) is 18.7 Å². The average Bonchev–Trinajstić information content (AvgIpc) is 3.34. The van der Waals surface area contributed by atoms with Gasteiger partial charge in [-0.05, 0) is 63.4 Å². The standard InChI is InChI=1S/C26H30F2N6O2/c1-15(2)29-26(36)21-7-8-22(23(28)30-21)34-11-9-33(10-12-34)18-5-3-16(13-18)24-31-20-6-4-17(27)14-19(20)25(35)32-24/h4,6-8,14-16,18H,3,5,9-13H2,1-2H3,(H,29,36)(H,31,32,35)/t16-,18+/m1/s1. The molecule has 2 aromatic heterocycles. The fraction of sp³-hybridized carbons (Fsp3) is 0.462. The number of hydrogen-bond acceptors (Lipinski definition) is 6. The zero-order chi connectivity index (χ0) is 25.4. The Morgan fingerprint density at radius 3 is 2.58 bits per heavy atom. The summed E-state index contributed by atoms with van der Waals surface area (Å²) in [6, 6.07) is 7.59.